The van der Waals surface area contributed by atoms with Crippen LogP contribution in [0.25, 0.3) is 0 Å². The Morgan fingerprint density at radius 3 is 2.48 bits per heavy atom. The highest BCUT2D eigenvalue weighted by atomic mass is 35.5. The molecule has 2 saturated heterocycles. The van der Waals surface area contributed by atoms with E-state index in [9.17, 15) is 9.59 Å². The van der Waals surface area contributed by atoms with Crippen LogP contribution in [0.4, 0.5) is 5.69 Å². The van der Waals surface area contributed by atoms with Crippen molar-refractivity contribution >= 4 is 40.7 Å². The van der Waals surface area contributed by atoms with E-state index in [1.165, 1.54) is 0 Å². The fraction of sp³-hybridized carbons (Fsp3) is 0.556. The maximum absolute atomic E-state index is 12.9. The van der Waals surface area contributed by atoms with Gasteiger partial charge in [0.25, 0.3) is 0 Å². The number of benzene rings is 1. The Hall–Kier alpha value is -1.30. The van der Waals surface area contributed by atoms with Crippen LogP contribution in [0.5, 0.6) is 0 Å². The summed E-state index contributed by atoms with van der Waals surface area (Å²) in [5, 5.41) is 0.956. The molecular weight excluding hydrogens is 361 g/mol. The molecule has 2 heterocycles. The number of anilines is 1. The van der Waals surface area contributed by atoms with Gasteiger partial charge in [-0.2, -0.15) is 0 Å². The van der Waals surface area contributed by atoms with Crippen LogP contribution in [0.2, 0.25) is 10.0 Å². The highest BCUT2D eigenvalue weighted by Gasteiger charge is 2.45. The minimum atomic E-state index is -0.305. The fourth-order valence-corrected chi connectivity index (χ4v) is 5.08. The van der Waals surface area contributed by atoms with Gasteiger partial charge < -0.3 is 15.5 Å². The van der Waals surface area contributed by atoms with E-state index in [2.05, 4.69) is 0 Å². The predicted octanol–water partition coefficient (Wildman–Crippen LogP) is 2.54. The number of likely N-dealkylation sites (tertiary alicyclic amines) is 1. The molecule has 1 aromatic carbocycles. The quantitative estimate of drug-likeness (QED) is 0.855. The molecule has 0 aromatic heterocycles. The van der Waals surface area contributed by atoms with Gasteiger partial charge in [-0.05, 0) is 42.9 Å². The van der Waals surface area contributed by atoms with Crippen LogP contribution in [0.3, 0.4) is 0 Å². The second-order valence-electron chi connectivity index (χ2n) is 7.44. The van der Waals surface area contributed by atoms with Gasteiger partial charge in [0.2, 0.25) is 11.8 Å². The fourth-order valence-electron chi connectivity index (χ4n) is 4.56. The van der Waals surface area contributed by atoms with Crippen molar-refractivity contribution in [1.82, 2.24) is 4.90 Å². The summed E-state index contributed by atoms with van der Waals surface area (Å²) in [6, 6.07) is 5.25. The van der Waals surface area contributed by atoms with Crippen molar-refractivity contribution in [3.8, 4) is 0 Å². The highest BCUT2D eigenvalue weighted by Crippen LogP contribution is 2.38. The lowest BCUT2D eigenvalue weighted by molar-refractivity contribution is -0.135. The monoisotopic (exact) mass is 381 g/mol. The maximum Gasteiger partial charge on any atom is 0.228 e. The molecule has 0 radical (unpaired) electrons. The molecule has 3 aliphatic rings. The van der Waals surface area contributed by atoms with Gasteiger partial charge >= 0.3 is 0 Å². The van der Waals surface area contributed by atoms with Crippen molar-refractivity contribution in [3.63, 3.8) is 0 Å². The van der Waals surface area contributed by atoms with E-state index in [1.807, 2.05) is 4.90 Å². The summed E-state index contributed by atoms with van der Waals surface area (Å²) in [6.45, 7) is 1.90. The van der Waals surface area contributed by atoms with E-state index in [-0.39, 0.29) is 30.2 Å². The molecule has 4 unspecified atom stereocenters. The minimum Gasteiger partial charge on any atom is -0.342 e. The predicted molar refractivity (Wildman–Crippen MR) is 97.7 cm³/mol. The van der Waals surface area contributed by atoms with Gasteiger partial charge in [0.05, 0.1) is 5.92 Å². The highest BCUT2D eigenvalue weighted by molar-refractivity contribution is 6.35. The molecule has 0 bridgehead atoms. The smallest absolute Gasteiger partial charge is 0.228 e. The zero-order valence-corrected chi connectivity index (χ0v) is 15.3. The summed E-state index contributed by atoms with van der Waals surface area (Å²) in [5.41, 5.74) is 6.81. The molecule has 7 heteroatoms. The Kier molecular flexibility index (Phi) is 4.42. The van der Waals surface area contributed by atoms with Crippen LogP contribution >= 0.6 is 23.2 Å². The zero-order chi connectivity index (χ0) is 17.7. The molecule has 1 saturated carbocycles. The van der Waals surface area contributed by atoms with Crippen LogP contribution in [0.1, 0.15) is 19.3 Å². The van der Waals surface area contributed by atoms with Gasteiger partial charge in [0.15, 0.2) is 0 Å². The van der Waals surface area contributed by atoms with Gasteiger partial charge in [0, 0.05) is 47.8 Å². The minimum absolute atomic E-state index is 0.0622. The van der Waals surface area contributed by atoms with E-state index in [0.29, 0.717) is 34.1 Å². The van der Waals surface area contributed by atoms with Crippen molar-refractivity contribution in [2.75, 3.05) is 24.5 Å². The topological polar surface area (TPSA) is 66.6 Å². The second kappa shape index (κ2) is 6.45. The lowest BCUT2D eigenvalue weighted by atomic mass is 9.98. The summed E-state index contributed by atoms with van der Waals surface area (Å²) >= 11 is 12.1. The second-order valence-corrected chi connectivity index (χ2v) is 8.31. The molecule has 5 nitrogen and oxygen atoms in total. The van der Waals surface area contributed by atoms with Crippen LogP contribution in [-0.4, -0.2) is 42.4 Å². The molecule has 3 fully saturated rings. The van der Waals surface area contributed by atoms with Crippen molar-refractivity contribution < 1.29 is 9.59 Å². The van der Waals surface area contributed by atoms with Gasteiger partial charge in [0.1, 0.15) is 0 Å². The van der Waals surface area contributed by atoms with Crippen molar-refractivity contribution in [2.45, 2.75) is 25.3 Å². The SMILES string of the molecule is NC1CCC2CN(C(=O)C3CC(=O)N(c4cc(Cl)cc(Cl)c4)C3)CC12. The number of hydrogen-bond donors (Lipinski definition) is 1. The number of rotatable bonds is 2. The first-order chi connectivity index (χ1) is 11.9. The third-order valence-corrected chi connectivity index (χ3v) is 6.29. The number of halogens is 2. The third-order valence-electron chi connectivity index (χ3n) is 5.86. The number of carbonyl (C=O) groups is 2. The third kappa shape index (κ3) is 3.14. The van der Waals surface area contributed by atoms with Crippen molar-refractivity contribution in [3.05, 3.63) is 28.2 Å². The first kappa shape index (κ1) is 17.1. The molecule has 1 aromatic rings. The van der Waals surface area contributed by atoms with Crippen LogP contribution < -0.4 is 10.6 Å². The molecule has 0 spiro atoms. The molecule has 2 N–H and O–H groups in total. The van der Waals surface area contributed by atoms with E-state index in [0.717, 1.165) is 25.9 Å². The Morgan fingerprint density at radius 1 is 1.08 bits per heavy atom. The van der Waals surface area contributed by atoms with Gasteiger partial charge in [-0.15, -0.1) is 0 Å². The number of amides is 2. The summed E-state index contributed by atoms with van der Waals surface area (Å²) in [4.78, 5) is 28.9. The van der Waals surface area contributed by atoms with Crippen LogP contribution in [0.15, 0.2) is 18.2 Å². The van der Waals surface area contributed by atoms with E-state index in [1.54, 1.807) is 23.1 Å². The van der Waals surface area contributed by atoms with Gasteiger partial charge in [-0.1, -0.05) is 23.2 Å². The normalized spacial score (nSPS) is 31.7. The number of fused-ring (bicyclic) bond motifs is 1. The summed E-state index contributed by atoms with van der Waals surface area (Å²) < 4.78 is 0. The Labute approximate surface area is 157 Å². The van der Waals surface area contributed by atoms with Crippen LogP contribution in [0, 0.1) is 17.8 Å². The van der Waals surface area contributed by atoms with Gasteiger partial charge in [-0.3, -0.25) is 9.59 Å². The standard InChI is InChI=1S/C18H21Cl2N3O2/c19-12-4-13(20)6-14(5-12)23-8-11(3-17(23)24)18(25)22-7-10-1-2-16(21)15(10)9-22/h4-6,10-11,15-16H,1-3,7-9,21H2. The largest absolute Gasteiger partial charge is 0.342 e. The molecule has 1 aliphatic carbocycles. The molecule has 134 valence electrons. The summed E-state index contributed by atoms with van der Waals surface area (Å²) in [5.74, 6) is 0.654. The lowest BCUT2D eigenvalue weighted by Gasteiger charge is -2.22. The number of nitrogens with zero attached hydrogens (tertiary/aromatic N) is 2. The molecule has 25 heavy (non-hydrogen) atoms. The van der Waals surface area contributed by atoms with Gasteiger partial charge in [-0.25, -0.2) is 0 Å². The zero-order valence-electron chi connectivity index (χ0n) is 13.8. The number of hydrogen-bond acceptors (Lipinski definition) is 3. The van der Waals surface area contributed by atoms with Crippen LogP contribution in [-0.2, 0) is 9.59 Å². The van der Waals surface area contributed by atoms with E-state index in [4.69, 9.17) is 28.9 Å². The average Bonchev–Trinajstić information content (AvgIpc) is 3.22. The summed E-state index contributed by atoms with van der Waals surface area (Å²) in [7, 11) is 0. The molecule has 2 aliphatic heterocycles. The molecule has 4 atom stereocenters. The van der Waals surface area contributed by atoms with E-state index >= 15 is 0 Å². The van der Waals surface area contributed by atoms with E-state index < -0.39 is 0 Å². The average molecular weight is 382 g/mol. The van der Waals surface area contributed by atoms with Crippen molar-refractivity contribution in [1.29, 1.82) is 0 Å². The lowest BCUT2D eigenvalue weighted by Crippen LogP contribution is -2.38. The molecular formula is C18H21Cl2N3O2. The molecule has 4 rings (SSSR count). The number of carbonyl (C=O) groups excluding carboxylic acids is 2. The number of nitrogens with two attached hydrogens (primary N) is 1. The first-order valence-electron chi connectivity index (χ1n) is 8.73. The molecule has 2 amide bonds. The Balaban J connectivity index is 1.46. The maximum atomic E-state index is 12.9. The summed E-state index contributed by atoms with van der Waals surface area (Å²) in [6.07, 6.45) is 2.40. The van der Waals surface area contributed by atoms with Crippen molar-refractivity contribution in [2.24, 2.45) is 23.5 Å². The Morgan fingerprint density at radius 2 is 1.80 bits per heavy atom. The Bertz CT molecular complexity index is 706. The first-order valence-corrected chi connectivity index (χ1v) is 9.49.